The summed E-state index contributed by atoms with van der Waals surface area (Å²) in [6.45, 7) is 3.87. The van der Waals surface area contributed by atoms with Crippen LogP contribution >= 0.6 is 0 Å². The van der Waals surface area contributed by atoms with E-state index in [9.17, 15) is 9.59 Å². The quantitative estimate of drug-likeness (QED) is 0.896. The number of nitrogens with zero attached hydrogens (tertiary/aromatic N) is 1. The van der Waals surface area contributed by atoms with Crippen molar-refractivity contribution in [3.05, 3.63) is 63.6 Å². The van der Waals surface area contributed by atoms with Crippen LogP contribution in [0.5, 0.6) is 0 Å². The van der Waals surface area contributed by atoms with E-state index < -0.39 is 0 Å². The summed E-state index contributed by atoms with van der Waals surface area (Å²) in [4.78, 5) is 23.6. The maximum absolute atomic E-state index is 12.1. The Morgan fingerprint density at radius 3 is 2.37 bits per heavy atom. The van der Waals surface area contributed by atoms with Crippen LogP contribution in [0.4, 0.5) is 5.69 Å². The van der Waals surface area contributed by atoms with Crippen LogP contribution in [0.15, 0.2) is 41.3 Å². The minimum atomic E-state index is -0.268. The molecule has 0 saturated carbocycles. The smallest absolute Gasteiger partial charge is 0.255 e. The number of para-hydroxylation sites is 1. The summed E-state index contributed by atoms with van der Waals surface area (Å²) in [5.74, 6) is -0.268. The number of nitrogens with one attached hydrogen (secondary N) is 1. The highest BCUT2D eigenvalue weighted by Crippen LogP contribution is 2.19. The van der Waals surface area contributed by atoms with Crippen LogP contribution in [0, 0.1) is 13.8 Å². The van der Waals surface area contributed by atoms with Crippen molar-refractivity contribution in [2.75, 3.05) is 5.32 Å². The highest BCUT2D eigenvalue weighted by Gasteiger charge is 2.10. The van der Waals surface area contributed by atoms with Crippen molar-refractivity contribution < 1.29 is 4.79 Å². The third-order valence-electron chi connectivity index (χ3n) is 3.09. The van der Waals surface area contributed by atoms with Crippen molar-refractivity contribution in [1.82, 2.24) is 4.57 Å². The monoisotopic (exact) mass is 256 g/mol. The van der Waals surface area contributed by atoms with Gasteiger partial charge < -0.3 is 9.88 Å². The fourth-order valence-corrected chi connectivity index (χ4v) is 1.89. The highest BCUT2D eigenvalue weighted by molar-refractivity contribution is 6.04. The Balaban J connectivity index is 2.31. The number of rotatable bonds is 2. The maximum atomic E-state index is 12.1. The number of benzene rings is 1. The van der Waals surface area contributed by atoms with E-state index in [0.29, 0.717) is 5.56 Å². The fraction of sp³-hybridized carbons (Fsp3) is 0.200. The topological polar surface area (TPSA) is 51.1 Å². The molecule has 0 fully saturated rings. The first kappa shape index (κ1) is 13.1. The van der Waals surface area contributed by atoms with Crippen LogP contribution in [0.2, 0.25) is 0 Å². The summed E-state index contributed by atoms with van der Waals surface area (Å²) in [7, 11) is 1.65. The molecule has 0 unspecified atom stereocenters. The SMILES string of the molecule is Cc1cccc(C)c1NC(=O)c1ccn(C)c(=O)c1. The Bertz CT molecular complexity index is 667. The molecule has 0 bridgehead atoms. The minimum Gasteiger partial charge on any atom is -0.321 e. The van der Waals surface area contributed by atoms with Crippen molar-refractivity contribution >= 4 is 11.6 Å². The normalized spacial score (nSPS) is 10.3. The van der Waals surface area contributed by atoms with Gasteiger partial charge in [-0.05, 0) is 31.0 Å². The van der Waals surface area contributed by atoms with E-state index in [2.05, 4.69) is 5.32 Å². The van der Waals surface area contributed by atoms with Gasteiger partial charge in [-0.3, -0.25) is 9.59 Å². The molecule has 1 N–H and O–H groups in total. The second-order valence-electron chi connectivity index (χ2n) is 4.59. The number of aryl methyl sites for hydroxylation is 3. The Hall–Kier alpha value is -2.36. The zero-order valence-electron chi connectivity index (χ0n) is 11.2. The number of aromatic nitrogens is 1. The van der Waals surface area contributed by atoms with Crippen molar-refractivity contribution in [1.29, 1.82) is 0 Å². The summed E-state index contributed by atoms with van der Waals surface area (Å²) in [5.41, 5.74) is 2.96. The van der Waals surface area contributed by atoms with E-state index >= 15 is 0 Å². The Kier molecular flexibility index (Phi) is 3.51. The van der Waals surface area contributed by atoms with E-state index in [1.807, 2.05) is 32.0 Å². The molecule has 0 atom stereocenters. The van der Waals surface area contributed by atoms with E-state index in [0.717, 1.165) is 16.8 Å². The summed E-state index contributed by atoms with van der Waals surface area (Å²) >= 11 is 0. The van der Waals surface area contributed by atoms with Crippen molar-refractivity contribution in [2.24, 2.45) is 7.05 Å². The molecule has 2 aromatic rings. The van der Waals surface area contributed by atoms with E-state index in [1.165, 1.54) is 10.6 Å². The summed E-state index contributed by atoms with van der Waals surface area (Å²) in [5, 5.41) is 2.85. The summed E-state index contributed by atoms with van der Waals surface area (Å²) < 4.78 is 1.43. The lowest BCUT2D eigenvalue weighted by Crippen LogP contribution is -2.20. The molecule has 0 radical (unpaired) electrons. The zero-order valence-corrected chi connectivity index (χ0v) is 11.2. The molecule has 0 spiro atoms. The fourth-order valence-electron chi connectivity index (χ4n) is 1.89. The van der Waals surface area contributed by atoms with Crippen molar-refractivity contribution in [2.45, 2.75) is 13.8 Å². The Morgan fingerprint density at radius 2 is 1.79 bits per heavy atom. The molecule has 1 amide bonds. The van der Waals surface area contributed by atoms with Crippen LogP contribution < -0.4 is 10.9 Å². The highest BCUT2D eigenvalue weighted by atomic mass is 16.2. The number of carbonyl (C=O) groups excluding carboxylic acids is 1. The average molecular weight is 256 g/mol. The molecule has 4 nitrogen and oxygen atoms in total. The average Bonchev–Trinajstić information content (AvgIpc) is 2.37. The maximum Gasteiger partial charge on any atom is 0.255 e. The van der Waals surface area contributed by atoms with Gasteiger partial charge in [-0.2, -0.15) is 0 Å². The number of hydrogen-bond acceptors (Lipinski definition) is 2. The molecule has 1 aromatic carbocycles. The molecular formula is C15H16N2O2. The first-order valence-electron chi connectivity index (χ1n) is 6.03. The van der Waals surface area contributed by atoms with Crippen LogP contribution in [0.3, 0.4) is 0 Å². The third kappa shape index (κ3) is 2.73. The summed E-state index contributed by atoms with van der Waals surface area (Å²) in [6.07, 6.45) is 1.59. The van der Waals surface area contributed by atoms with Gasteiger partial charge in [0.1, 0.15) is 0 Å². The number of carbonyl (C=O) groups is 1. The van der Waals surface area contributed by atoms with E-state index in [-0.39, 0.29) is 11.5 Å². The second kappa shape index (κ2) is 5.10. The molecule has 98 valence electrons. The number of hydrogen-bond donors (Lipinski definition) is 1. The number of pyridine rings is 1. The van der Waals surface area contributed by atoms with Gasteiger partial charge in [0.25, 0.3) is 11.5 Å². The van der Waals surface area contributed by atoms with Crippen molar-refractivity contribution in [3.8, 4) is 0 Å². The van der Waals surface area contributed by atoms with E-state index in [4.69, 9.17) is 0 Å². The van der Waals surface area contributed by atoms with Crippen LogP contribution in [-0.4, -0.2) is 10.5 Å². The first-order valence-corrected chi connectivity index (χ1v) is 6.03. The first-order chi connectivity index (χ1) is 8.99. The molecular weight excluding hydrogens is 240 g/mol. The molecule has 0 aliphatic rings. The molecule has 0 aliphatic carbocycles. The van der Waals surface area contributed by atoms with Crippen LogP contribution in [0.1, 0.15) is 21.5 Å². The van der Waals surface area contributed by atoms with E-state index in [1.54, 1.807) is 19.3 Å². The van der Waals surface area contributed by atoms with Gasteiger partial charge in [0, 0.05) is 30.6 Å². The lowest BCUT2D eigenvalue weighted by atomic mass is 10.1. The molecule has 4 heteroatoms. The van der Waals surface area contributed by atoms with Gasteiger partial charge in [-0.1, -0.05) is 18.2 Å². The molecule has 2 rings (SSSR count). The molecule has 1 aromatic heterocycles. The van der Waals surface area contributed by atoms with Crippen molar-refractivity contribution in [3.63, 3.8) is 0 Å². The van der Waals surface area contributed by atoms with Crippen LogP contribution in [-0.2, 0) is 7.05 Å². The largest absolute Gasteiger partial charge is 0.321 e. The minimum absolute atomic E-state index is 0.200. The molecule has 19 heavy (non-hydrogen) atoms. The Labute approximate surface area is 111 Å². The lowest BCUT2D eigenvalue weighted by molar-refractivity contribution is 0.102. The van der Waals surface area contributed by atoms with Gasteiger partial charge in [-0.25, -0.2) is 0 Å². The second-order valence-corrected chi connectivity index (χ2v) is 4.59. The molecule has 1 heterocycles. The zero-order chi connectivity index (χ0) is 14.0. The number of amides is 1. The third-order valence-corrected chi connectivity index (χ3v) is 3.09. The van der Waals surface area contributed by atoms with Gasteiger partial charge in [-0.15, -0.1) is 0 Å². The Morgan fingerprint density at radius 1 is 1.16 bits per heavy atom. The van der Waals surface area contributed by atoms with Crippen LogP contribution in [0.25, 0.3) is 0 Å². The van der Waals surface area contributed by atoms with Gasteiger partial charge in [0.2, 0.25) is 0 Å². The van der Waals surface area contributed by atoms with Gasteiger partial charge >= 0.3 is 0 Å². The van der Waals surface area contributed by atoms with Gasteiger partial charge in [0.05, 0.1) is 0 Å². The predicted molar refractivity (Wildman–Crippen MR) is 75.6 cm³/mol. The molecule has 0 aliphatic heterocycles. The molecule has 0 saturated heterocycles. The lowest BCUT2D eigenvalue weighted by Gasteiger charge is -2.11. The van der Waals surface area contributed by atoms with Gasteiger partial charge in [0.15, 0.2) is 0 Å². The standard InChI is InChI=1S/C15H16N2O2/c1-10-5-4-6-11(2)14(10)16-15(19)12-7-8-17(3)13(18)9-12/h4-9H,1-3H3,(H,16,19). The predicted octanol–water partition coefficient (Wildman–Crippen LogP) is 2.25. The summed E-state index contributed by atoms with van der Waals surface area (Å²) in [6, 6.07) is 8.78. The number of anilines is 1.